The van der Waals surface area contributed by atoms with Gasteiger partial charge in [0.2, 0.25) is 0 Å². The summed E-state index contributed by atoms with van der Waals surface area (Å²) in [6.07, 6.45) is 0.994. The molecule has 5 nitrogen and oxygen atoms in total. The highest BCUT2D eigenvalue weighted by Crippen LogP contribution is 2.25. The van der Waals surface area contributed by atoms with Crippen molar-refractivity contribution in [2.45, 2.75) is 25.9 Å². The SMILES string of the molecule is CC(c1cccc([N+](=O)[O-])c1)N1CCCN(Cc2ccccc2F)CC1. The van der Waals surface area contributed by atoms with Crippen LogP contribution in [0.15, 0.2) is 48.5 Å². The van der Waals surface area contributed by atoms with Crippen LogP contribution in [0.2, 0.25) is 0 Å². The van der Waals surface area contributed by atoms with E-state index in [1.54, 1.807) is 18.2 Å². The van der Waals surface area contributed by atoms with Gasteiger partial charge in [-0.15, -0.1) is 0 Å². The second kappa shape index (κ2) is 8.38. The maximum absolute atomic E-state index is 13.9. The van der Waals surface area contributed by atoms with Crippen molar-refractivity contribution in [3.63, 3.8) is 0 Å². The van der Waals surface area contributed by atoms with Crippen molar-refractivity contribution in [1.82, 2.24) is 9.80 Å². The number of non-ortho nitro benzene ring substituents is 1. The van der Waals surface area contributed by atoms with Crippen LogP contribution in [0.5, 0.6) is 0 Å². The predicted molar refractivity (Wildman–Crippen MR) is 99.4 cm³/mol. The predicted octanol–water partition coefficient (Wildman–Crippen LogP) is 4.00. The summed E-state index contributed by atoms with van der Waals surface area (Å²) < 4.78 is 13.9. The molecule has 0 radical (unpaired) electrons. The average molecular weight is 357 g/mol. The summed E-state index contributed by atoms with van der Waals surface area (Å²) in [5.74, 6) is -0.154. The molecule has 2 aromatic carbocycles. The number of halogens is 1. The maximum atomic E-state index is 13.9. The first-order chi connectivity index (χ1) is 12.5. The first kappa shape index (κ1) is 18.5. The summed E-state index contributed by atoms with van der Waals surface area (Å²) >= 11 is 0. The van der Waals surface area contributed by atoms with Crippen LogP contribution in [-0.2, 0) is 6.54 Å². The lowest BCUT2D eigenvalue weighted by atomic mass is 10.1. The fourth-order valence-electron chi connectivity index (χ4n) is 3.51. The molecule has 0 bridgehead atoms. The first-order valence-corrected chi connectivity index (χ1v) is 8.99. The second-order valence-electron chi connectivity index (χ2n) is 6.79. The normalized spacial score (nSPS) is 17.6. The van der Waals surface area contributed by atoms with E-state index in [2.05, 4.69) is 16.7 Å². The molecule has 3 rings (SSSR count). The molecule has 0 amide bonds. The molecule has 1 aliphatic heterocycles. The minimum atomic E-state index is -0.352. The zero-order chi connectivity index (χ0) is 18.5. The third-order valence-corrected chi connectivity index (χ3v) is 5.09. The van der Waals surface area contributed by atoms with Crippen LogP contribution in [0.1, 0.15) is 30.5 Å². The van der Waals surface area contributed by atoms with E-state index in [9.17, 15) is 14.5 Å². The van der Waals surface area contributed by atoms with E-state index in [0.29, 0.717) is 6.54 Å². The van der Waals surface area contributed by atoms with Crippen molar-refractivity contribution in [2.75, 3.05) is 26.2 Å². The van der Waals surface area contributed by atoms with Crippen LogP contribution in [0, 0.1) is 15.9 Å². The number of hydrogen-bond donors (Lipinski definition) is 0. The Morgan fingerprint density at radius 3 is 2.69 bits per heavy atom. The molecule has 0 spiro atoms. The molecule has 26 heavy (non-hydrogen) atoms. The van der Waals surface area contributed by atoms with Gasteiger partial charge in [-0.25, -0.2) is 4.39 Å². The Hall–Kier alpha value is -2.31. The fourth-order valence-corrected chi connectivity index (χ4v) is 3.51. The van der Waals surface area contributed by atoms with E-state index < -0.39 is 0 Å². The third kappa shape index (κ3) is 4.45. The van der Waals surface area contributed by atoms with Crippen molar-refractivity contribution in [2.24, 2.45) is 0 Å². The van der Waals surface area contributed by atoms with Crippen LogP contribution in [0.25, 0.3) is 0 Å². The Labute approximate surface area is 153 Å². The summed E-state index contributed by atoms with van der Waals surface area (Å²) in [4.78, 5) is 15.3. The molecule has 0 N–H and O–H groups in total. The van der Waals surface area contributed by atoms with Gasteiger partial charge in [0.25, 0.3) is 5.69 Å². The highest BCUT2D eigenvalue weighted by atomic mass is 19.1. The maximum Gasteiger partial charge on any atom is 0.269 e. The Morgan fingerprint density at radius 2 is 1.92 bits per heavy atom. The van der Waals surface area contributed by atoms with E-state index in [1.807, 2.05) is 18.2 Å². The Kier molecular flexibility index (Phi) is 5.96. The molecule has 1 saturated heterocycles. The van der Waals surface area contributed by atoms with Crippen molar-refractivity contribution in [1.29, 1.82) is 0 Å². The molecule has 1 atom stereocenters. The number of hydrogen-bond acceptors (Lipinski definition) is 4. The van der Waals surface area contributed by atoms with Gasteiger partial charge in [-0.2, -0.15) is 0 Å². The topological polar surface area (TPSA) is 49.6 Å². The molecule has 1 fully saturated rings. The lowest BCUT2D eigenvalue weighted by Gasteiger charge is -2.28. The second-order valence-corrected chi connectivity index (χ2v) is 6.79. The summed E-state index contributed by atoms with van der Waals surface area (Å²) in [7, 11) is 0. The van der Waals surface area contributed by atoms with Gasteiger partial charge < -0.3 is 0 Å². The smallest absolute Gasteiger partial charge is 0.269 e. The van der Waals surface area contributed by atoms with Gasteiger partial charge in [-0.05, 0) is 31.5 Å². The fraction of sp³-hybridized carbons (Fsp3) is 0.400. The Balaban J connectivity index is 1.64. The number of rotatable bonds is 5. The zero-order valence-corrected chi connectivity index (χ0v) is 15.0. The minimum absolute atomic E-state index is 0.114. The van der Waals surface area contributed by atoms with Crippen LogP contribution >= 0.6 is 0 Å². The first-order valence-electron chi connectivity index (χ1n) is 8.99. The number of nitro benzene ring substituents is 1. The largest absolute Gasteiger partial charge is 0.298 e. The molecule has 1 unspecified atom stereocenters. The molecule has 138 valence electrons. The molecule has 6 heteroatoms. The molecule has 0 aliphatic carbocycles. The molecule has 2 aromatic rings. The lowest BCUT2D eigenvalue weighted by Crippen LogP contribution is -2.32. The summed E-state index contributed by atoms with van der Waals surface area (Å²) in [5.41, 5.74) is 1.82. The van der Waals surface area contributed by atoms with E-state index in [0.717, 1.165) is 43.7 Å². The number of nitrogens with zero attached hydrogens (tertiary/aromatic N) is 3. The number of benzene rings is 2. The van der Waals surface area contributed by atoms with Crippen molar-refractivity contribution in [3.05, 3.63) is 75.6 Å². The van der Waals surface area contributed by atoms with Crippen LogP contribution < -0.4 is 0 Å². The molecular formula is C20H24FN3O2. The Bertz CT molecular complexity index is 768. The van der Waals surface area contributed by atoms with Gasteiger partial charge in [0.15, 0.2) is 0 Å². The summed E-state index contributed by atoms with van der Waals surface area (Å²) in [6.45, 7) is 6.27. The van der Waals surface area contributed by atoms with Crippen LogP contribution in [0.4, 0.5) is 10.1 Å². The minimum Gasteiger partial charge on any atom is -0.298 e. The van der Waals surface area contributed by atoms with Crippen molar-refractivity contribution < 1.29 is 9.31 Å². The lowest BCUT2D eigenvalue weighted by molar-refractivity contribution is -0.384. The summed E-state index contributed by atoms with van der Waals surface area (Å²) in [5, 5.41) is 11.0. The Morgan fingerprint density at radius 1 is 1.12 bits per heavy atom. The average Bonchev–Trinajstić information content (AvgIpc) is 2.89. The van der Waals surface area contributed by atoms with E-state index >= 15 is 0 Å². The van der Waals surface area contributed by atoms with Gasteiger partial charge in [0, 0.05) is 49.9 Å². The molecule has 0 aromatic heterocycles. The van der Waals surface area contributed by atoms with Crippen molar-refractivity contribution in [3.8, 4) is 0 Å². The van der Waals surface area contributed by atoms with Crippen molar-refractivity contribution >= 4 is 5.69 Å². The van der Waals surface area contributed by atoms with Gasteiger partial charge in [-0.1, -0.05) is 30.3 Å². The highest BCUT2D eigenvalue weighted by Gasteiger charge is 2.22. The molecule has 1 aliphatic rings. The molecular weight excluding hydrogens is 333 g/mol. The van der Waals surface area contributed by atoms with E-state index in [-0.39, 0.29) is 22.5 Å². The zero-order valence-electron chi connectivity index (χ0n) is 15.0. The van der Waals surface area contributed by atoms with E-state index in [1.165, 1.54) is 12.1 Å². The monoisotopic (exact) mass is 357 g/mol. The standard InChI is InChI=1S/C20H24FN3O2/c1-16(17-7-4-8-19(14-17)24(25)26)23-11-5-10-22(12-13-23)15-18-6-2-3-9-20(18)21/h2-4,6-9,14,16H,5,10-13,15H2,1H3. The number of nitro groups is 1. The van der Waals surface area contributed by atoms with Gasteiger partial charge in [-0.3, -0.25) is 19.9 Å². The van der Waals surface area contributed by atoms with Gasteiger partial charge in [0.1, 0.15) is 5.82 Å². The molecule has 0 saturated carbocycles. The summed E-state index contributed by atoms with van der Waals surface area (Å²) in [6, 6.07) is 13.9. The van der Waals surface area contributed by atoms with Gasteiger partial charge in [0.05, 0.1) is 4.92 Å². The molecule has 1 heterocycles. The van der Waals surface area contributed by atoms with E-state index in [4.69, 9.17) is 0 Å². The third-order valence-electron chi connectivity index (χ3n) is 5.09. The highest BCUT2D eigenvalue weighted by molar-refractivity contribution is 5.35. The van der Waals surface area contributed by atoms with Crippen LogP contribution in [-0.4, -0.2) is 40.9 Å². The quantitative estimate of drug-likeness (QED) is 0.599. The van der Waals surface area contributed by atoms with Crippen LogP contribution in [0.3, 0.4) is 0 Å². The van der Waals surface area contributed by atoms with Gasteiger partial charge >= 0.3 is 0 Å².